The molecule has 6 nitrogen and oxygen atoms in total. The maximum Gasteiger partial charge on any atom is 0.221 e. The number of nitrogens with one attached hydrogen (secondary N) is 1. The Kier molecular flexibility index (Phi) is 4.88. The van der Waals surface area contributed by atoms with E-state index in [-0.39, 0.29) is 5.91 Å². The van der Waals surface area contributed by atoms with Crippen molar-refractivity contribution in [1.82, 2.24) is 14.7 Å². The standard InChI is InChI=1S/C22H24N4O2/c1-15(27)23-18-9-8-17-13-26-19(14-28-22(17)10-18)11-21(24-26)20-7-5-4-6-16(20)12-25(2)3/h4-11H,12-14H2,1-3H3,(H,23,27). The highest BCUT2D eigenvalue weighted by molar-refractivity contribution is 5.88. The summed E-state index contributed by atoms with van der Waals surface area (Å²) in [7, 11) is 4.14. The molecule has 0 saturated carbocycles. The van der Waals surface area contributed by atoms with Crippen LogP contribution in [0, 0.1) is 0 Å². The molecule has 6 heteroatoms. The summed E-state index contributed by atoms with van der Waals surface area (Å²) in [5.41, 5.74) is 6.19. The summed E-state index contributed by atoms with van der Waals surface area (Å²) < 4.78 is 8.03. The van der Waals surface area contributed by atoms with Crippen molar-refractivity contribution in [3.8, 4) is 17.0 Å². The molecule has 0 aliphatic carbocycles. The molecule has 28 heavy (non-hydrogen) atoms. The molecule has 3 aromatic rings. The number of anilines is 1. The highest BCUT2D eigenvalue weighted by Crippen LogP contribution is 2.31. The van der Waals surface area contributed by atoms with Crippen molar-refractivity contribution in [3.63, 3.8) is 0 Å². The zero-order valence-corrected chi connectivity index (χ0v) is 16.4. The van der Waals surface area contributed by atoms with E-state index in [9.17, 15) is 4.79 Å². The van der Waals surface area contributed by atoms with Gasteiger partial charge in [-0.05, 0) is 31.8 Å². The molecule has 0 fully saturated rings. The Morgan fingerprint density at radius 3 is 2.82 bits per heavy atom. The third-order valence-electron chi connectivity index (χ3n) is 4.73. The minimum atomic E-state index is -0.0949. The van der Waals surface area contributed by atoms with Crippen LogP contribution in [0.2, 0.25) is 0 Å². The average molecular weight is 376 g/mol. The number of ether oxygens (including phenoxy) is 1. The minimum Gasteiger partial charge on any atom is -0.487 e. The molecule has 4 rings (SSSR count). The number of hydrogen-bond donors (Lipinski definition) is 1. The zero-order valence-electron chi connectivity index (χ0n) is 16.4. The van der Waals surface area contributed by atoms with Gasteiger partial charge in [-0.3, -0.25) is 9.48 Å². The van der Waals surface area contributed by atoms with Gasteiger partial charge in [-0.2, -0.15) is 5.10 Å². The third-order valence-corrected chi connectivity index (χ3v) is 4.73. The first-order valence-electron chi connectivity index (χ1n) is 9.32. The molecule has 0 atom stereocenters. The quantitative estimate of drug-likeness (QED) is 0.757. The van der Waals surface area contributed by atoms with Gasteiger partial charge in [0.2, 0.25) is 5.91 Å². The second kappa shape index (κ2) is 7.48. The van der Waals surface area contributed by atoms with Crippen LogP contribution in [0.5, 0.6) is 5.75 Å². The molecule has 0 unspecified atom stereocenters. The molecule has 1 aliphatic rings. The second-order valence-electron chi connectivity index (χ2n) is 7.37. The number of nitrogens with zero attached hydrogens (tertiary/aromatic N) is 3. The van der Waals surface area contributed by atoms with E-state index in [0.29, 0.717) is 13.2 Å². The van der Waals surface area contributed by atoms with Crippen LogP contribution in [-0.4, -0.2) is 34.7 Å². The predicted octanol–water partition coefficient (Wildman–Crippen LogP) is 3.51. The first-order valence-corrected chi connectivity index (χ1v) is 9.32. The van der Waals surface area contributed by atoms with E-state index in [4.69, 9.17) is 9.84 Å². The summed E-state index contributed by atoms with van der Waals surface area (Å²) in [6.07, 6.45) is 0. The van der Waals surface area contributed by atoms with E-state index in [1.807, 2.05) is 22.9 Å². The number of amides is 1. The fraction of sp³-hybridized carbons (Fsp3) is 0.273. The molecule has 144 valence electrons. The van der Waals surface area contributed by atoms with Gasteiger partial charge in [0.25, 0.3) is 0 Å². The van der Waals surface area contributed by atoms with Gasteiger partial charge < -0.3 is 15.0 Å². The molecule has 1 N–H and O–H groups in total. The molecule has 2 aromatic carbocycles. The van der Waals surface area contributed by atoms with Crippen LogP contribution in [0.1, 0.15) is 23.7 Å². The van der Waals surface area contributed by atoms with Crippen LogP contribution in [0.4, 0.5) is 5.69 Å². The number of carbonyl (C=O) groups excluding carboxylic acids is 1. The summed E-state index contributed by atoms with van der Waals surface area (Å²) in [6.45, 7) is 3.45. The lowest BCUT2D eigenvalue weighted by molar-refractivity contribution is -0.114. The van der Waals surface area contributed by atoms with Crippen molar-refractivity contribution >= 4 is 11.6 Å². The molecule has 0 radical (unpaired) electrons. The summed E-state index contributed by atoms with van der Waals surface area (Å²) in [5, 5.41) is 7.66. The zero-order chi connectivity index (χ0) is 19.7. The monoisotopic (exact) mass is 376 g/mol. The Morgan fingerprint density at radius 1 is 1.21 bits per heavy atom. The van der Waals surface area contributed by atoms with E-state index < -0.39 is 0 Å². The second-order valence-corrected chi connectivity index (χ2v) is 7.37. The van der Waals surface area contributed by atoms with Crippen LogP contribution in [-0.2, 0) is 24.5 Å². The Balaban J connectivity index is 1.64. The van der Waals surface area contributed by atoms with Crippen molar-refractivity contribution in [3.05, 3.63) is 65.4 Å². The smallest absolute Gasteiger partial charge is 0.221 e. The summed E-state index contributed by atoms with van der Waals surface area (Å²) >= 11 is 0. The molecule has 0 saturated heterocycles. The SMILES string of the molecule is CC(=O)Nc1ccc2c(c1)OCc1cc(-c3ccccc3CN(C)C)nn1C2. The normalized spacial score (nSPS) is 12.7. The fourth-order valence-electron chi connectivity index (χ4n) is 3.50. The van der Waals surface area contributed by atoms with Gasteiger partial charge in [0, 0.05) is 36.3 Å². The molecule has 0 spiro atoms. The molecule has 1 aromatic heterocycles. The maximum atomic E-state index is 11.3. The number of rotatable bonds is 4. The van der Waals surface area contributed by atoms with Gasteiger partial charge in [-0.25, -0.2) is 0 Å². The predicted molar refractivity (Wildman–Crippen MR) is 109 cm³/mol. The third kappa shape index (κ3) is 3.77. The van der Waals surface area contributed by atoms with Crippen LogP contribution in [0.3, 0.4) is 0 Å². The van der Waals surface area contributed by atoms with Crippen LogP contribution in [0.15, 0.2) is 48.5 Å². The first-order chi connectivity index (χ1) is 13.5. The molecular weight excluding hydrogens is 352 g/mol. The van der Waals surface area contributed by atoms with E-state index in [2.05, 4.69) is 54.6 Å². The molecule has 1 amide bonds. The van der Waals surface area contributed by atoms with Gasteiger partial charge >= 0.3 is 0 Å². The molecule has 0 bridgehead atoms. The lowest BCUT2D eigenvalue weighted by atomic mass is 10.0. The minimum absolute atomic E-state index is 0.0949. The van der Waals surface area contributed by atoms with Gasteiger partial charge in [-0.15, -0.1) is 0 Å². The fourth-order valence-corrected chi connectivity index (χ4v) is 3.50. The average Bonchev–Trinajstić information content (AvgIpc) is 2.96. The largest absolute Gasteiger partial charge is 0.487 e. The van der Waals surface area contributed by atoms with Crippen molar-refractivity contribution in [2.75, 3.05) is 19.4 Å². The van der Waals surface area contributed by atoms with Crippen LogP contribution < -0.4 is 10.1 Å². The Bertz CT molecular complexity index is 1020. The van der Waals surface area contributed by atoms with Gasteiger partial charge in [-0.1, -0.05) is 30.3 Å². The number of carbonyl (C=O) groups is 1. The van der Waals surface area contributed by atoms with Crippen LogP contribution >= 0.6 is 0 Å². The summed E-state index contributed by atoms with van der Waals surface area (Å²) in [5.74, 6) is 0.689. The van der Waals surface area contributed by atoms with Crippen molar-refractivity contribution in [1.29, 1.82) is 0 Å². The van der Waals surface area contributed by atoms with Gasteiger partial charge in [0.05, 0.1) is 17.9 Å². The Labute approximate surface area is 164 Å². The molecular formula is C22H24N4O2. The Hall–Kier alpha value is -3.12. The van der Waals surface area contributed by atoms with E-state index >= 15 is 0 Å². The van der Waals surface area contributed by atoms with Crippen molar-refractivity contribution < 1.29 is 9.53 Å². The topological polar surface area (TPSA) is 59.4 Å². The summed E-state index contributed by atoms with van der Waals surface area (Å²) in [6, 6.07) is 16.2. The highest BCUT2D eigenvalue weighted by atomic mass is 16.5. The number of hydrogen-bond acceptors (Lipinski definition) is 4. The van der Waals surface area contributed by atoms with Crippen molar-refractivity contribution in [2.24, 2.45) is 0 Å². The number of benzene rings is 2. The Morgan fingerprint density at radius 2 is 2.04 bits per heavy atom. The maximum absolute atomic E-state index is 11.3. The van der Waals surface area contributed by atoms with Crippen LogP contribution in [0.25, 0.3) is 11.3 Å². The number of aromatic nitrogens is 2. The summed E-state index contributed by atoms with van der Waals surface area (Å²) in [4.78, 5) is 13.4. The molecule has 1 aliphatic heterocycles. The highest BCUT2D eigenvalue weighted by Gasteiger charge is 2.18. The van der Waals surface area contributed by atoms with E-state index in [1.54, 1.807) is 0 Å². The van der Waals surface area contributed by atoms with Crippen molar-refractivity contribution in [2.45, 2.75) is 26.6 Å². The molecule has 2 heterocycles. The first kappa shape index (κ1) is 18.3. The van der Waals surface area contributed by atoms with Gasteiger partial charge in [0.1, 0.15) is 12.4 Å². The van der Waals surface area contributed by atoms with Gasteiger partial charge in [0.15, 0.2) is 0 Å². The van der Waals surface area contributed by atoms with E-state index in [0.717, 1.165) is 40.5 Å². The lowest BCUT2D eigenvalue weighted by Gasteiger charge is -2.13. The number of fused-ring (bicyclic) bond motifs is 2. The van der Waals surface area contributed by atoms with E-state index in [1.165, 1.54) is 12.5 Å². The lowest BCUT2D eigenvalue weighted by Crippen LogP contribution is -2.11.